The van der Waals surface area contributed by atoms with E-state index < -0.39 is 6.10 Å². The monoisotopic (exact) mass is 755 g/mol. The van der Waals surface area contributed by atoms with E-state index in [1.54, 1.807) is 0 Å². The van der Waals surface area contributed by atoms with Gasteiger partial charge in [0.2, 0.25) is 0 Å². The topological polar surface area (TPSA) is 72.8 Å². The van der Waals surface area contributed by atoms with Gasteiger partial charge in [-0.2, -0.15) is 11.8 Å². The molecule has 310 valence electrons. The number of hydrogen-bond acceptors (Lipinski definition) is 6. The van der Waals surface area contributed by atoms with Crippen molar-refractivity contribution in [3.05, 3.63) is 37.5 Å². The maximum Gasteiger partial charge on any atom is 0.305 e. The van der Waals surface area contributed by atoms with E-state index in [1.165, 1.54) is 167 Å². The molecular weight excluding hydrogens is 665 g/mol. The number of rotatable bonds is 37. The molecule has 0 heterocycles. The van der Waals surface area contributed by atoms with E-state index in [4.69, 9.17) is 14.3 Å². The summed E-state index contributed by atoms with van der Waals surface area (Å²) in [5.41, 5.74) is 0. The second kappa shape index (κ2) is 58.9. The lowest BCUT2D eigenvalue weighted by Gasteiger charge is -2.10. The number of methoxy groups -OCH3 is 1. The smallest absolute Gasteiger partial charge is 0.305 e. The molecule has 6 heteroatoms. The number of carbonyl (C=O) groups is 2. The average molecular weight is 755 g/mol. The first-order valence-electron chi connectivity index (χ1n) is 21.5. The van der Waals surface area contributed by atoms with Crippen molar-refractivity contribution in [1.82, 2.24) is 0 Å². The SMILES string of the molecule is C=CC/C=C/CCCCCCCC(=O)OCC(O)COC.C=CCCCCCCCSC.C=O.CCCCCCCCCCCCCCCCCC. The Morgan fingerprint density at radius 2 is 1.02 bits per heavy atom. The highest BCUT2D eigenvalue weighted by Crippen LogP contribution is 2.14. The number of allylic oxidation sites excluding steroid dienone is 4. The number of carbonyl (C=O) groups excluding carboxylic acids is 2. The molecule has 0 aromatic carbocycles. The standard InChI is InChI=1S/C18H38.C17H30O4.C10H20S.CH2O/c1-3-5-7-9-11-13-15-17-18-16-14-12-10-8-6-4-2;1-3-4-5-6-7-8-9-10-11-12-13-17(19)21-15-16(18)14-20-2;1-3-4-5-6-7-8-9-10-11-2;1-2/h3-18H2,1-2H3;3,5-6,16,18H,1,4,7-15H2,2H3;3H,1,4-10H2,2H3;1H2/b;6-5+;;. The van der Waals surface area contributed by atoms with Crippen molar-refractivity contribution >= 4 is 24.5 Å². The van der Waals surface area contributed by atoms with Gasteiger partial charge in [-0.25, -0.2) is 0 Å². The molecule has 0 saturated heterocycles. The molecule has 1 N–H and O–H groups in total. The van der Waals surface area contributed by atoms with Crippen LogP contribution < -0.4 is 0 Å². The summed E-state index contributed by atoms with van der Waals surface area (Å²) in [5, 5.41) is 9.33. The van der Waals surface area contributed by atoms with E-state index in [0.29, 0.717) is 6.42 Å². The van der Waals surface area contributed by atoms with Crippen molar-refractivity contribution < 1.29 is 24.2 Å². The minimum absolute atomic E-state index is 0.0176. The lowest BCUT2D eigenvalue weighted by molar-refractivity contribution is -0.147. The number of unbranched alkanes of at least 4 members (excludes halogenated alkanes) is 25. The molecule has 0 saturated carbocycles. The molecular formula is C46H90O5S. The van der Waals surface area contributed by atoms with Gasteiger partial charge in [0.1, 0.15) is 19.5 Å². The Morgan fingerprint density at radius 1 is 0.596 bits per heavy atom. The average Bonchev–Trinajstić information content (AvgIpc) is 3.16. The molecule has 1 unspecified atom stereocenters. The molecule has 0 aliphatic heterocycles. The Bertz CT molecular complexity index is 668. The Hall–Kier alpha value is -1.37. The third-order valence-corrected chi connectivity index (χ3v) is 9.43. The van der Waals surface area contributed by atoms with Gasteiger partial charge in [-0.1, -0.05) is 179 Å². The molecule has 0 spiro atoms. The zero-order valence-electron chi connectivity index (χ0n) is 35.3. The summed E-state index contributed by atoms with van der Waals surface area (Å²) in [6.45, 7) is 14.2. The van der Waals surface area contributed by atoms with Crippen molar-refractivity contribution in [3.63, 3.8) is 0 Å². The summed E-state index contributed by atoms with van der Waals surface area (Å²) < 4.78 is 9.70. The zero-order valence-corrected chi connectivity index (χ0v) is 36.1. The number of ether oxygens (including phenoxy) is 2. The van der Waals surface area contributed by atoms with E-state index in [2.05, 4.69) is 45.4 Å². The van der Waals surface area contributed by atoms with Crippen LogP contribution in [0, 0.1) is 0 Å². The van der Waals surface area contributed by atoms with Crippen LogP contribution in [0.5, 0.6) is 0 Å². The van der Waals surface area contributed by atoms with E-state index in [1.807, 2.05) is 30.7 Å². The molecule has 0 fully saturated rings. The van der Waals surface area contributed by atoms with Gasteiger partial charge in [0.15, 0.2) is 0 Å². The highest BCUT2D eigenvalue weighted by atomic mass is 32.2. The normalized spacial score (nSPS) is 11.0. The lowest BCUT2D eigenvalue weighted by atomic mass is 10.0. The highest BCUT2D eigenvalue weighted by Gasteiger charge is 2.08. The van der Waals surface area contributed by atoms with E-state index in [9.17, 15) is 9.90 Å². The Kier molecular flexibility index (Phi) is 65.0. The fraction of sp³-hybridized carbons (Fsp3) is 0.826. The molecule has 0 amide bonds. The minimum atomic E-state index is -0.729. The van der Waals surface area contributed by atoms with Crippen LogP contribution in [0.4, 0.5) is 0 Å². The Labute approximate surface area is 330 Å². The summed E-state index contributed by atoms with van der Waals surface area (Å²) in [6, 6.07) is 0. The third kappa shape index (κ3) is 63.7. The largest absolute Gasteiger partial charge is 0.463 e. The molecule has 52 heavy (non-hydrogen) atoms. The number of aliphatic hydroxyl groups is 1. The molecule has 0 bridgehead atoms. The third-order valence-electron chi connectivity index (χ3n) is 8.73. The Morgan fingerprint density at radius 3 is 1.44 bits per heavy atom. The minimum Gasteiger partial charge on any atom is -0.463 e. The van der Waals surface area contributed by atoms with Gasteiger partial charge in [0.05, 0.1) is 6.61 Å². The van der Waals surface area contributed by atoms with Crippen LogP contribution in [-0.2, 0) is 19.1 Å². The summed E-state index contributed by atoms with van der Waals surface area (Å²) >= 11 is 1.95. The number of hydrogen-bond donors (Lipinski definition) is 1. The summed E-state index contributed by atoms with van der Waals surface area (Å²) in [6.07, 6.45) is 49.2. The second-order valence-electron chi connectivity index (χ2n) is 13.9. The molecule has 0 radical (unpaired) electrons. The van der Waals surface area contributed by atoms with Gasteiger partial charge in [-0.3, -0.25) is 4.79 Å². The molecule has 0 aliphatic carbocycles. The van der Waals surface area contributed by atoms with Crippen LogP contribution in [0.25, 0.3) is 0 Å². The van der Waals surface area contributed by atoms with E-state index in [-0.39, 0.29) is 19.2 Å². The van der Waals surface area contributed by atoms with Crippen LogP contribution in [0.2, 0.25) is 0 Å². The fourth-order valence-corrected chi connectivity index (χ4v) is 6.05. The second-order valence-corrected chi connectivity index (χ2v) is 14.9. The van der Waals surface area contributed by atoms with Crippen molar-refractivity contribution in [2.45, 2.75) is 213 Å². The maximum absolute atomic E-state index is 11.4. The van der Waals surface area contributed by atoms with Gasteiger partial charge < -0.3 is 19.4 Å². The molecule has 5 nitrogen and oxygen atoms in total. The van der Waals surface area contributed by atoms with Crippen molar-refractivity contribution in [2.24, 2.45) is 0 Å². The molecule has 0 aromatic heterocycles. The summed E-state index contributed by atoms with van der Waals surface area (Å²) in [7, 11) is 1.50. The van der Waals surface area contributed by atoms with Gasteiger partial charge in [0.25, 0.3) is 0 Å². The number of thioether (sulfide) groups is 1. The van der Waals surface area contributed by atoms with Crippen molar-refractivity contribution in [3.8, 4) is 0 Å². The van der Waals surface area contributed by atoms with Crippen LogP contribution in [0.1, 0.15) is 206 Å². The summed E-state index contributed by atoms with van der Waals surface area (Å²) in [5.74, 6) is 1.10. The highest BCUT2D eigenvalue weighted by molar-refractivity contribution is 7.98. The van der Waals surface area contributed by atoms with Crippen LogP contribution in [0.3, 0.4) is 0 Å². The van der Waals surface area contributed by atoms with Crippen molar-refractivity contribution in [2.75, 3.05) is 32.3 Å². The quantitative estimate of drug-likeness (QED) is 0.0387. The fourth-order valence-electron chi connectivity index (χ4n) is 5.56. The first-order chi connectivity index (χ1) is 25.5. The van der Waals surface area contributed by atoms with Gasteiger partial charge >= 0.3 is 5.97 Å². The maximum atomic E-state index is 11.4. The van der Waals surface area contributed by atoms with Crippen molar-refractivity contribution in [1.29, 1.82) is 0 Å². The van der Waals surface area contributed by atoms with E-state index in [0.717, 1.165) is 32.1 Å². The van der Waals surface area contributed by atoms with Gasteiger partial charge in [-0.05, 0) is 57.0 Å². The molecule has 0 rings (SSSR count). The van der Waals surface area contributed by atoms with Crippen LogP contribution in [-0.4, -0.2) is 56.3 Å². The predicted octanol–water partition coefficient (Wildman–Crippen LogP) is 14.4. The zero-order chi connectivity index (χ0) is 39.4. The first-order valence-corrected chi connectivity index (χ1v) is 22.9. The van der Waals surface area contributed by atoms with Crippen LogP contribution >= 0.6 is 11.8 Å². The van der Waals surface area contributed by atoms with Crippen LogP contribution in [0.15, 0.2) is 37.5 Å². The number of aliphatic hydroxyl groups excluding tert-OH is 1. The number of esters is 1. The molecule has 0 aromatic rings. The summed E-state index contributed by atoms with van der Waals surface area (Å²) in [4.78, 5) is 19.4. The first kappa shape index (κ1) is 57.4. The lowest BCUT2D eigenvalue weighted by Crippen LogP contribution is -2.22. The Balaban J connectivity index is -0.000000338. The predicted molar refractivity (Wildman–Crippen MR) is 234 cm³/mol. The van der Waals surface area contributed by atoms with Gasteiger partial charge in [0, 0.05) is 13.5 Å². The van der Waals surface area contributed by atoms with E-state index >= 15 is 0 Å². The molecule has 0 aliphatic rings. The molecule has 1 atom stereocenters. The van der Waals surface area contributed by atoms with Gasteiger partial charge in [-0.15, -0.1) is 13.2 Å².